The highest BCUT2D eigenvalue weighted by molar-refractivity contribution is 7.98. The fraction of sp³-hybridized carbons (Fsp3) is 0.182. The van der Waals surface area contributed by atoms with Gasteiger partial charge in [0.05, 0.1) is 17.1 Å². The van der Waals surface area contributed by atoms with Gasteiger partial charge in [0.15, 0.2) is 0 Å². The van der Waals surface area contributed by atoms with Crippen LogP contribution in [-0.4, -0.2) is 11.2 Å². The van der Waals surface area contributed by atoms with Crippen molar-refractivity contribution in [1.29, 1.82) is 0 Å². The van der Waals surface area contributed by atoms with Crippen LogP contribution in [-0.2, 0) is 5.88 Å². The highest BCUT2D eigenvalue weighted by atomic mass is 35.5. The van der Waals surface area contributed by atoms with Gasteiger partial charge in [-0.2, -0.15) is 0 Å². The Kier molecular flexibility index (Phi) is 3.34. The number of oxazole rings is 1. The minimum Gasteiger partial charge on any atom is -0.444 e. The number of rotatable bonds is 3. The molecule has 1 aromatic heterocycles. The monoisotopic (exact) mass is 239 g/mol. The van der Waals surface area contributed by atoms with Gasteiger partial charge in [-0.3, -0.25) is 0 Å². The lowest BCUT2D eigenvalue weighted by molar-refractivity contribution is 0.572. The zero-order valence-electron chi connectivity index (χ0n) is 8.24. The van der Waals surface area contributed by atoms with Gasteiger partial charge < -0.3 is 4.42 Å². The van der Waals surface area contributed by atoms with E-state index in [-0.39, 0.29) is 0 Å². The standard InChI is InChI=1S/C11H10ClNOS/c1-15-10-5-3-2-4-9(10)11-13-8(6-12)7-14-11/h2-5,7H,6H2,1H3. The van der Waals surface area contributed by atoms with E-state index in [0.29, 0.717) is 11.8 Å². The van der Waals surface area contributed by atoms with Gasteiger partial charge in [0.25, 0.3) is 0 Å². The molecule has 1 aromatic carbocycles. The third kappa shape index (κ3) is 2.19. The summed E-state index contributed by atoms with van der Waals surface area (Å²) in [5, 5.41) is 0. The van der Waals surface area contributed by atoms with Crippen LogP contribution in [0, 0.1) is 0 Å². The molecule has 0 bridgehead atoms. The van der Waals surface area contributed by atoms with Crippen molar-refractivity contribution >= 4 is 23.4 Å². The Hall–Kier alpha value is -0.930. The molecule has 0 radical (unpaired) electrons. The molecule has 1 heterocycles. The molecule has 15 heavy (non-hydrogen) atoms. The summed E-state index contributed by atoms with van der Waals surface area (Å²) in [6.07, 6.45) is 3.63. The summed E-state index contributed by atoms with van der Waals surface area (Å²) in [4.78, 5) is 5.45. The predicted octanol–water partition coefficient (Wildman–Crippen LogP) is 3.80. The third-order valence-electron chi connectivity index (χ3n) is 2.03. The average molecular weight is 240 g/mol. The highest BCUT2D eigenvalue weighted by Crippen LogP contribution is 2.29. The van der Waals surface area contributed by atoms with Crippen molar-refractivity contribution in [3.8, 4) is 11.5 Å². The number of halogens is 1. The molecule has 2 nitrogen and oxygen atoms in total. The Labute approximate surface area is 97.7 Å². The van der Waals surface area contributed by atoms with Crippen LogP contribution in [0.1, 0.15) is 5.69 Å². The Morgan fingerprint density at radius 2 is 2.20 bits per heavy atom. The minimum atomic E-state index is 0.380. The van der Waals surface area contributed by atoms with Gasteiger partial charge in [-0.15, -0.1) is 23.4 Å². The second-order valence-corrected chi connectivity index (χ2v) is 4.09. The maximum absolute atomic E-state index is 5.67. The summed E-state index contributed by atoms with van der Waals surface area (Å²) in [7, 11) is 0. The number of nitrogens with zero attached hydrogens (tertiary/aromatic N) is 1. The zero-order chi connectivity index (χ0) is 10.7. The summed E-state index contributed by atoms with van der Waals surface area (Å²) in [6, 6.07) is 8.01. The second-order valence-electron chi connectivity index (χ2n) is 2.98. The van der Waals surface area contributed by atoms with E-state index in [1.54, 1.807) is 18.0 Å². The molecule has 0 amide bonds. The molecule has 78 valence electrons. The summed E-state index contributed by atoms with van der Waals surface area (Å²) in [5.74, 6) is 1.01. The van der Waals surface area contributed by atoms with Crippen LogP contribution in [0.4, 0.5) is 0 Å². The maximum atomic E-state index is 5.67. The van der Waals surface area contributed by atoms with Crippen molar-refractivity contribution in [2.75, 3.05) is 6.26 Å². The molecule has 0 unspecified atom stereocenters. The van der Waals surface area contributed by atoms with Crippen molar-refractivity contribution in [3.05, 3.63) is 36.2 Å². The van der Waals surface area contributed by atoms with Crippen molar-refractivity contribution in [3.63, 3.8) is 0 Å². The summed E-state index contributed by atoms with van der Waals surface area (Å²) in [6.45, 7) is 0. The highest BCUT2D eigenvalue weighted by Gasteiger charge is 2.09. The molecule has 2 aromatic rings. The predicted molar refractivity (Wildman–Crippen MR) is 63.3 cm³/mol. The normalized spacial score (nSPS) is 10.5. The van der Waals surface area contributed by atoms with Crippen LogP contribution in [0.25, 0.3) is 11.5 Å². The van der Waals surface area contributed by atoms with E-state index in [1.807, 2.05) is 30.5 Å². The summed E-state index contributed by atoms with van der Waals surface area (Å²) >= 11 is 7.35. The van der Waals surface area contributed by atoms with E-state index >= 15 is 0 Å². The van der Waals surface area contributed by atoms with E-state index in [1.165, 1.54) is 0 Å². The SMILES string of the molecule is CSc1ccccc1-c1nc(CCl)co1. The van der Waals surface area contributed by atoms with Gasteiger partial charge >= 0.3 is 0 Å². The first-order valence-corrected chi connectivity index (χ1v) is 6.25. The molecule has 0 fully saturated rings. The van der Waals surface area contributed by atoms with Crippen LogP contribution < -0.4 is 0 Å². The molecule has 0 saturated carbocycles. The lowest BCUT2D eigenvalue weighted by Crippen LogP contribution is -1.82. The first-order chi connectivity index (χ1) is 7.35. The topological polar surface area (TPSA) is 26.0 Å². The quantitative estimate of drug-likeness (QED) is 0.602. The van der Waals surface area contributed by atoms with Crippen LogP contribution in [0.15, 0.2) is 39.8 Å². The molecule has 0 atom stereocenters. The molecule has 0 aliphatic rings. The smallest absolute Gasteiger partial charge is 0.227 e. The molecular formula is C11H10ClNOS. The van der Waals surface area contributed by atoms with Crippen molar-refractivity contribution in [1.82, 2.24) is 4.98 Å². The minimum absolute atomic E-state index is 0.380. The van der Waals surface area contributed by atoms with E-state index in [2.05, 4.69) is 4.98 Å². The Balaban J connectivity index is 2.44. The largest absolute Gasteiger partial charge is 0.444 e. The number of hydrogen-bond acceptors (Lipinski definition) is 3. The first kappa shape index (κ1) is 10.6. The fourth-order valence-electron chi connectivity index (χ4n) is 1.31. The number of thioether (sulfide) groups is 1. The fourth-order valence-corrected chi connectivity index (χ4v) is 2.03. The Bertz CT molecular complexity index is 455. The maximum Gasteiger partial charge on any atom is 0.227 e. The van der Waals surface area contributed by atoms with Gasteiger partial charge in [-0.25, -0.2) is 4.98 Å². The van der Waals surface area contributed by atoms with Crippen molar-refractivity contribution in [2.24, 2.45) is 0 Å². The molecule has 0 aliphatic carbocycles. The number of benzene rings is 1. The van der Waals surface area contributed by atoms with Crippen LogP contribution in [0.2, 0.25) is 0 Å². The lowest BCUT2D eigenvalue weighted by Gasteiger charge is -2.01. The van der Waals surface area contributed by atoms with Crippen LogP contribution >= 0.6 is 23.4 Å². The lowest BCUT2D eigenvalue weighted by atomic mass is 10.2. The van der Waals surface area contributed by atoms with Crippen molar-refractivity contribution < 1.29 is 4.42 Å². The third-order valence-corrected chi connectivity index (χ3v) is 3.10. The van der Waals surface area contributed by atoms with Crippen LogP contribution in [0.5, 0.6) is 0 Å². The Morgan fingerprint density at radius 1 is 1.40 bits per heavy atom. The summed E-state index contributed by atoms with van der Waals surface area (Å²) in [5.41, 5.74) is 1.78. The molecule has 0 spiro atoms. The summed E-state index contributed by atoms with van der Waals surface area (Å²) < 4.78 is 5.38. The van der Waals surface area contributed by atoms with E-state index in [9.17, 15) is 0 Å². The molecule has 0 saturated heterocycles. The van der Waals surface area contributed by atoms with E-state index in [0.717, 1.165) is 16.2 Å². The molecule has 0 N–H and O–H groups in total. The number of aromatic nitrogens is 1. The second kappa shape index (κ2) is 4.73. The van der Waals surface area contributed by atoms with Gasteiger partial charge in [-0.1, -0.05) is 12.1 Å². The number of alkyl halides is 1. The van der Waals surface area contributed by atoms with Gasteiger partial charge in [0, 0.05) is 4.90 Å². The first-order valence-electron chi connectivity index (χ1n) is 4.49. The number of hydrogen-bond donors (Lipinski definition) is 0. The van der Waals surface area contributed by atoms with Gasteiger partial charge in [-0.05, 0) is 18.4 Å². The van der Waals surface area contributed by atoms with Crippen LogP contribution in [0.3, 0.4) is 0 Å². The van der Waals surface area contributed by atoms with Gasteiger partial charge in [0.2, 0.25) is 5.89 Å². The Morgan fingerprint density at radius 3 is 2.87 bits per heavy atom. The van der Waals surface area contributed by atoms with Crippen molar-refractivity contribution in [2.45, 2.75) is 10.8 Å². The average Bonchev–Trinajstić information content (AvgIpc) is 2.77. The van der Waals surface area contributed by atoms with E-state index < -0.39 is 0 Å². The molecule has 0 aliphatic heterocycles. The van der Waals surface area contributed by atoms with E-state index in [4.69, 9.17) is 16.0 Å². The zero-order valence-corrected chi connectivity index (χ0v) is 9.81. The molecule has 4 heteroatoms. The molecule has 2 rings (SSSR count). The van der Waals surface area contributed by atoms with Gasteiger partial charge in [0.1, 0.15) is 6.26 Å². The molecular weight excluding hydrogens is 230 g/mol.